The maximum atomic E-state index is 10.8. The molecule has 0 amide bonds. The van der Waals surface area contributed by atoms with Gasteiger partial charge < -0.3 is 5.11 Å². The van der Waals surface area contributed by atoms with Crippen LogP contribution in [0.5, 0.6) is 0 Å². The molecule has 23 heavy (non-hydrogen) atoms. The number of pyridine rings is 2. The van der Waals surface area contributed by atoms with Crippen molar-refractivity contribution in [2.75, 3.05) is 26.7 Å². The highest BCUT2D eigenvalue weighted by Crippen LogP contribution is 2.06. The molecule has 1 N–H and O–H groups in total. The summed E-state index contributed by atoms with van der Waals surface area (Å²) < 4.78 is 0. The van der Waals surface area contributed by atoms with Gasteiger partial charge in [-0.2, -0.15) is 0 Å². The van der Waals surface area contributed by atoms with Crippen LogP contribution < -0.4 is 0 Å². The van der Waals surface area contributed by atoms with E-state index in [0.29, 0.717) is 19.6 Å². The Bertz CT molecular complexity index is 551. The summed E-state index contributed by atoms with van der Waals surface area (Å²) in [5, 5.41) is 8.84. The molecule has 0 fully saturated rings. The van der Waals surface area contributed by atoms with Crippen LogP contribution in [0.3, 0.4) is 0 Å². The van der Waals surface area contributed by atoms with E-state index in [1.54, 1.807) is 17.3 Å². The predicted octanol–water partition coefficient (Wildman–Crippen LogP) is 1.50. The highest BCUT2D eigenvalue weighted by molar-refractivity contribution is 5.68. The van der Waals surface area contributed by atoms with Crippen molar-refractivity contribution in [1.82, 2.24) is 19.8 Å². The first-order chi connectivity index (χ1) is 11.1. The number of aromatic nitrogens is 2. The van der Waals surface area contributed by atoms with Crippen molar-refractivity contribution in [1.29, 1.82) is 0 Å². The molecule has 122 valence electrons. The number of rotatable bonds is 9. The van der Waals surface area contributed by atoms with E-state index in [1.165, 1.54) is 0 Å². The lowest BCUT2D eigenvalue weighted by Crippen LogP contribution is -2.35. The van der Waals surface area contributed by atoms with Crippen LogP contribution >= 0.6 is 0 Å². The van der Waals surface area contributed by atoms with Crippen molar-refractivity contribution in [2.45, 2.75) is 13.1 Å². The number of carbonyl (C=O) groups is 1. The van der Waals surface area contributed by atoms with Crippen LogP contribution in [0.1, 0.15) is 11.4 Å². The summed E-state index contributed by atoms with van der Waals surface area (Å²) in [7, 11) is 1.81. The number of aliphatic carboxylic acids is 1. The van der Waals surface area contributed by atoms with Crippen LogP contribution in [0.25, 0.3) is 0 Å². The SMILES string of the molecule is CN(CCN(Cc1ccccn1)Cc1ccccn1)CC(=O)O. The zero-order chi connectivity index (χ0) is 16.5. The summed E-state index contributed by atoms with van der Waals surface area (Å²) in [4.78, 5) is 23.5. The minimum atomic E-state index is -0.812. The lowest BCUT2D eigenvalue weighted by molar-refractivity contribution is -0.138. The predicted molar refractivity (Wildman–Crippen MR) is 87.7 cm³/mol. The Labute approximate surface area is 136 Å². The van der Waals surface area contributed by atoms with Crippen molar-refractivity contribution < 1.29 is 9.90 Å². The van der Waals surface area contributed by atoms with E-state index >= 15 is 0 Å². The van der Waals surface area contributed by atoms with Crippen LogP contribution in [-0.4, -0.2) is 57.5 Å². The molecule has 6 nitrogen and oxygen atoms in total. The van der Waals surface area contributed by atoms with Gasteiger partial charge in [-0.1, -0.05) is 12.1 Å². The van der Waals surface area contributed by atoms with Crippen LogP contribution in [0, 0.1) is 0 Å². The Morgan fingerprint density at radius 1 is 1.00 bits per heavy atom. The summed E-state index contributed by atoms with van der Waals surface area (Å²) in [6.07, 6.45) is 3.57. The van der Waals surface area contributed by atoms with Crippen LogP contribution in [0.15, 0.2) is 48.8 Å². The molecular weight excluding hydrogens is 292 g/mol. The summed E-state index contributed by atoms with van der Waals surface area (Å²) >= 11 is 0. The molecule has 2 aromatic heterocycles. The van der Waals surface area contributed by atoms with Gasteiger partial charge in [-0.25, -0.2) is 0 Å². The average molecular weight is 314 g/mol. The van der Waals surface area contributed by atoms with Gasteiger partial charge in [0.2, 0.25) is 0 Å². The first kappa shape index (κ1) is 17.1. The zero-order valence-electron chi connectivity index (χ0n) is 13.3. The molecule has 0 radical (unpaired) electrons. The van der Waals surface area contributed by atoms with Gasteiger partial charge in [-0.05, 0) is 31.3 Å². The van der Waals surface area contributed by atoms with Gasteiger partial charge in [0.05, 0.1) is 17.9 Å². The third-order valence-corrected chi connectivity index (χ3v) is 3.43. The van der Waals surface area contributed by atoms with Gasteiger partial charge in [0, 0.05) is 38.6 Å². The Morgan fingerprint density at radius 3 is 2.00 bits per heavy atom. The van der Waals surface area contributed by atoms with Gasteiger partial charge in [-0.15, -0.1) is 0 Å². The van der Waals surface area contributed by atoms with Crippen molar-refractivity contribution in [3.63, 3.8) is 0 Å². The standard InChI is InChI=1S/C17H22N4O2/c1-20(14-17(22)23)10-11-21(12-15-6-2-4-8-18-15)13-16-7-3-5-9-19-16/h2-9H,10-14H2,1H3,(H,22,23). The number of carboxylic acids is 1. The number of hydrogen-bond donors (Lipinski definition) is 1. The zero-order valence-corrected chi connectivity index (χ0v) is 13.3. The van der Waals surface area contributed by atoms with E-state index < -0.39 is 5.97 Å². The van der Waals surface area contributed by atoms with Crippen molar-refractivity contribution in [2.24, 2.45) is 0 Å². The van der Waals surface area contributed by atoms with Crippen molar-refractivity contribution in [3.05, 3.63) is 60.2 Å². The maximum absolute atomic E-state index is 10.8. The fourth-order valence-corrected chi connectivity index (χ4v) is 2.28. The van der Waals surface area contributed by atoms with Crippen LogP contribution in [0.2, 0.25) is 0 Å². The molecule has 0 saturated heterocycles. The fraction of sp³-hybridized carbons (Fsp3) is 0.353. The molecule has 2 aromatic rings. The van der Waals surface area contributed by atoms with Crippen molar-refractivity contribution in [3.8, 4) is 0 Å². The topological polar surface area (TPSA) is 69.6 Å². The highest BCUT2D eigenvalue weighted by Gasteiger charge is 2.11. The Kier molecular flexibility index (Phi) is 6.65. The van der Waals surface area contributed by atoms with E-state index in [0.717, 1.165) is 17.9 Å². The Morgan fingerprint density at radius 2 is 1.57 bits per heavy atom. The molecule has 0 saturated carbocycles. The normalized spacial score (nSPS) is 11.1. The third kappa shape index (κ3) is 6.54. The van der Waals surface area contributed by atoms with E-state index in [4.69, 9.17) is 5.11 Å². The second kappa shape index (κ2) is 8.97. The second-order valence-corrected chi connectivity index (χ2v) is 5.48. The van der Waals surface area contributed by atoms with Gasteiger partial charge in [0.15, 0.2) is 0 Å². The number of carboxylic acid groups (broad SMARTS) is 1. The van der Waals surface area contributed by atoms with Crippen molar-refractivity contribution >= 4 is 5.97 Å². The molecule has 0 aliphatic heterocycles. The van der Waals surface area contributed by atoms with E-state index in [-0.39, 0.29) is 6.54 Å². The first-order valence-electron chi connectivity index (χ1n) is 7.56. The van der Waals surface area contributed by atoms with E-state index in [2.05, 4.69) is 14.9 Å². The number of hydrogen-bond acceptors (Lipinski definition) is 5. The summed E-state index contributed by atoms with van der Waals surface area (Å²) in [5.74, 6) is -0.812. The molecule has 0 spiro atoms. The van der Waals surface area contributed by atoms with E-state index in [1.807, 2.05) is 43.4 Å². The van der Waals surface area contributed by atoms with Crippen LogP contribution in [-0.2, 0) is 17.9 Å². The minimum Gasteiger partial charge on any atom is -0.480 e. The molecule has 6 heteroatoms. The second-order valence-electron chi connectivity index (χ2n) is 5.48. The van der Waals surface area contributed by atoms with Gasteiger partial charge in [0.1, 0.15) is 0 Å². The lowest BCUT2D eigenvalue weighted by Gasteiger charge is -2.24. The first-order valence-corrected chi connectivity index (χ1v) is 7.56. The molecule has 0 atom stereocenters. The molecule has 2 rings (SSSR count). The Hall–Kier alpha value is -2.31. The molecular formula is C17H22N4O2. The largest absolute Gasteiger partial charge is 0.480 e. The van der Waals surface area contributed by atoms with E-state index in [9.17, 15) is 4.79 Å². The van der Waals surface area contributed by atoms with Gasteiger partial charge >= 0.3 is 5.97 Å². The molecule has 0 bridgehead atoms. The quantitative estimate of drug-likeness (QED) is 0.756. The molecule has 2 heterocycles. The maximum Gasteiger partial charge on any atom is 0.317 e. The van der Waals surface area contributed by atoms with Gasteiger partial charge in [-0.3, -0.25) is 24.6 Å². The summed E-state index contributed by atoms with van der Waals surface area (Å²) in [6, 6.07) is 11.7. The smallest absolute Gasteiger partial charge is 0.317 e. The van der Waals surface area contributed by atoms with Gasteiger partial charge in [0.25, 0.3) is 0 Å². The lowest BCUT2D eigenvalue weighted by atomic mass is 10.3. The molecule has 0 aliphatic rings. The third-order valence-electron chi connectivity index (χ3n) is 3.43. The minimum absolute atomic E-state index is 0.0427. The average Bonchev–Trinajstić information content (AvgIpc) is 2.54. The monoisotopic (exact) mass is 314 g/mol. The number of nitrogens with zero attached hydrogens (tertiary/aromatic N) is 4. The number of likely N-dealkylation sites (N-methyl/N-ethyl adjacent to an activating group) is 1. The summed E-state index contributed by atoms with van der Waals surface area (Å²) in [5.41, 5.74) is 1.98. The molecule has 0 aliphatic carbocycles. The highest BCUT2D eigenvalue weighted by atomic mass is 16.4. The Balaban J connectivity index is 1.97. The fourth-order valence-electron chi connectivity index (χ4n) is 2.28. The molecule has 0 unspecified atom stereocenters. The molecule has 0 aromatic carbocycles. The summed E-state index contributed by atoms with van der Waals surface area (Å²) in [6.45, 7) is 2.88. The van der Waals surface area contributed by atoms with Crippen LogP contribution in [0.4, 0.5) is 0 Å².